The maximum atomic E-state index is 5.15. The second kappa shape index (κ2) is 7.21. The van der Waals surface area contributed by atoms with E-state index in [1.54, 1.807) is 0 Å². The molecule has 0 unspecified atom stereocenters. The summed E-state index contributed by atoms with van der Waals surface area (Å²) in [5.74, 6) is 2.58. The summed E-state index contributed by atoms with van der Waals surface area (Å²) in [4.78, 5) is 0. The number of rotatable bonds is 5. The molecule has 0 fully saturated rings. The first-order chi connectivity index (χ1) is 7.33. The van der Waals surface area contributed by atoms with Crippen molar-refractivity contribution in [3.8, 4) is 12.3 Å². The van der Waals surface area contributed by atoms with Gasteiger partial charge in [0, 0.05) is 0 Å². The quantitative estimate of drug-likeness (QED) is 0.608. The van der Waals surface area contributed by atoms with Gasteiger partial charge >= 0.3 is 99.0 Å². The number of nitrogens with one attached hydrogen (secondary N) is 1. The van der Waals surface area contributed by atoms with E-state index in [9.17, 15) is 0 Å². The fourth-order valence-electron chi connectivity index (χ4n) is 1.05. The maximum absolute atomic E-state index is 5.15. The van der Waals surface area contributed by atoms with Crippen molar-refractivity contribution in [1.29, 1.82) is 0 Å². The van der Waals surface area contributed by atoms with E-state index >= 15 is 0 Å². The summed E-state index contributed by atoms with van der Waals surface area (Å²) in [6.07, 6.45) is 9.95. The first kappa shape index (κ1) is 12.0. The monoisotopic (exact) mass is 235 g/mol. The van der Waals surface area contributed by atoms with Crippen molar-refractivity contribution in [2.75, 3.05) is 6.54 Å². The van der Waals surface area contributed by atoms with Crippen LogP contribution in [0.1, 0.15) is 12.0 Å². The van der Waals surface area contributed by atoms with Gasteiger partial charge in [0.1, 0.15) is 0 Å². The molecule has 0 amide bonds. The van der Waals surface area contributed by atoms with Crippen LogP contribution in [0.15, 0.2) is 36.4 Å². The zero-order chi connectivity index (χ0) is 10.9. The van der Waals surface area contributed by atoms with Crippen LogP contribution in [0.5, 0.6) is 0 Å². The number of benzene rings is 1. The Morgan fingerprint density at radius 2 is 2.13 bits per heavy atom. The molecule has 0 bridgehead atoms. The van der Waals surface area contributed by atoms with Crippen molar-refractivity contribution < 1.29 is 15.9 Å². The summed E-state index contributed by atoms with van der Waals surface area (Å²) >= 11 is 2.96. The minimum absolute atomic E-state index is 0.740. The topological polar surface area (TPSA) is 12.0 Å². The predicted molar refractivity (Wildman–Crippen MR) is 61.9 cm³/mol. The molecule has 76 valence electrons. The van der Waals surface area contributed by atoms with Crippen LogP contribution in [-0.4, -0.2) is 11.0 Å². The molecule has 0 radical (unpaired) electrons. The zero-order valence-corrected chi connectivity index (χ0v) is 9.72. The molecule has 1 rings (SSSR count). The summed E-state index contributed by atoms with van der Waals surface area (Å²) < 4.78 is 1.01. The van der Waals surface area contributed by atoms with E-state index in [0.717, 1.165) is 17.5 Å². The summed E-state index contributed by atoms with van der Waals surface area (Å²) in [6.45, 7) is 0.804. The minimum atomic E-state index is 0.740. The Hall–Kier alpha value is -1.12. The molecule has 1 nitrogen and oxygen atoms in total. The average Bonchev–Trinajstić information content (AvgIpc) is 2.28. The molecule has 1 aromatic carbocycles. The Labute approximate surface area is 99.2 Å². The fourth-order valence-corrected chi connectivity index (χ4v) is 1.32. The summed E-state index contributed by atoms with van der Waals surface area (Å²) in [5.41, 5.74) is 1.18. The van der Waals surface area contributed by atoms with E-state index in [0.29, 0.717) is 0 Å². The normalized spacial score (nSPS) is 10.1. The van der Waals surface area contributed by atoms with Crippen LogP contribution < -0.4 is 5.32 Å². The zero-order valence-electron chi connectivity index (χ0n) is 8.44. The van der Waals surface area contributed by atoms with Gasteiger partial charge in [-0.3, -0.25) is 0 Å². The molecule has 0 atom stereocenters. The molecule has 0 aliphatic rings. The third kappa shape index (κ3) is 5.35. The van der Waals surface area contributed by atoms with Crippen LogP contribution in [0.2, 0.25) is 0 Å². The number of hydrogen-bond donors (Lipinski definition) is 1. The average molecular weight is 235 g/mol. The van der Waals surface area contributed by atoms with Crippen LogP contribution in [0.4, 0.5) is 0 Å². The summed E-state index contributed by atoms with van der Waals surface area (Å²) in [6, 6.07) is 10.2. The predicted octanol–water partition coefficient (Wildman–Crippen LogP) is 1.99. The molecule has 15 heavy (non-hydrogen) atoms. The van der Waals surface area contributed by atoms with Crippen molar-refractivity contribution in [2.45, 2.75) is 6.42 Å². The van der Waals surface area contributed by atoms with Gasteiger partial charge in [-0.1, -0.05) is 0 Å². The molecule has 2 heteroatoms. The van der Waals surface area contributed by atoms with Crippen LogP contribution in [0.3, 0.4) is 0 Å². The fraction of sp³-hybridized carbons (Fsp3) is 0.154. The molecular weight excluding hydrogens is 222 g/mol. The van der Waals surface area contributed by atoms with Gasteiger partial charge in [0.05, 0.1) is 0 Å². The van der Waals surface area contributed by atoms with Gasteiger partial charge < -0.3 is 0 Å². The Morgan fingerprint density at radius 1 is 1.40 bits per heavy atom. The van der Waals surface area contributed by atoms with E-state index < -0.39 is 0 Å². The van der Waals surface area contributed by atoms with E-state index in [1.165, 1.54) is 5.56 Å². The molecule has 0 heterocycles. The SMILES string of the molecule is C#CCCN[C](=[Cr])/C=C/c1ccccc1. The Kier molecular flexibility index (Phi) is 5.75. The Balaban J connectivity index is 2.38. The van der Waals surface area contributed by atoms with Gasteiger partial charge in [-0.15, -0.1) is 0 Å². The standard InChI is InChI=1S/C13H13N.Cr/c1-2-3-11-14-12-7-10-13-8-5-4-6-9-13;/h1,4-10,14H,3,11H2;/b10-7+;. The van der Waals surface area contributed by atoms with Crippen molar-refractivity contribution in [2.24, 2.45) is 0 Å². The van der Waals surface area contributed by atoms with Crippen molar-refractivity contribution in [3.63, 3.8) is 0 Å². The van der Waals surface area contributed by atoms with Crippen LogP contribution in [-0.2, 0) is 15.9 Å². The molecule has 0 aliphatic heterocycles. The molecular formula is C13H13CrN. The molecule has 0 spiro atoms. The van der Waals surface area contributed by atoms with Gasteiger partial charge in [-0.25, -0.2) is 0 Å². The van der Waals surface area contributed by atoms with Gasteiger partial charge in [0.25, 0.3) is 0 Å². The molecule has 0 aromatic heterocycles. The van der Waals surface area contributed by atoms with Crippen LogP contribution in [0, 0.1) is 12.3 Å². The van der Waals surface area contributed by atoms with E-state index in [1.807, 2.05) is 24.3 Å². The van der Waals surface area contributed by atoms with Crippen molar-refractivity contribution >= 4 is 10.6 Å². The van der Waals surface area contributed by atoms with Gasteiger partial charge in [-0.05, 0) is 0 Å². The molecule has 0 saturated carbocycles. The molecule has 1 N–H and O–H groups in total. The van der Waals surface area contributed by atoms with Crippen LogP contribution in [0.25, 0.3) is 6.08 Å². The Bertz CT molecular complexity index is 373. The second-order valence-electron chi connectivity index (χ2n) is 2.99. The van der Waals surface area contributed by atoms with Crippen molar-refractivity contribution in [1.82, 2.24) is 5.32 Å². The first-order valence-corrected chi connectivity index (χ1v) is 5.41. The van der Waals surface area contributed by atoms with Crippen LogP contribution >= 0.6 is 0 Å². The molecule has 0 aliphatic carbocycles. The summed E-state index contributed by atoms with van der Waals surface area (Å²) in [5, 5.41) is 3.19. The third-order valence-corrected chi connectivity index (χ3v) is 2.23. The van der Waals surface area contributed by atoms with Gasteiger partial charge in [-0.2, -0.15) is 0 Å². The molecule has 1 aromatic rings. The number of terminal acetylenes is 1. The first-order valence-electron chi connectivity index (χ1n) is 4.77. The molecule has 0 saturated heterocycles. The van der Waals surface area contributed by atoms with E-state index in [4.69, 9.17) is 6.42 Å². The Morgan fingerprint density at radius 3 is 2.80 bits per heavy atom. The summed E-state index contributed by atoms with van der Waals surface area (Å²) in [7, 11) is 0. The second-order valence-corrected chi connectivity index (χ2v) is 3.68. The van der Waals surface area contributed by atoms with Crippen molar-refractivity contribution in [3.05, 3.63) is 42.0 Å². The number of hydrogen-bond acceptors (Lipinski definition) is 1. The van der Waals surface area contributed by atoms with E-state index in [2.05, 4.69) is 45.3 Å². The van der Waals surface area contributed by atoms with Gasteiger partial charge in [0.15, 0.2) is 0 Å². The van der Waals surface area contributed by atoms with Gasteiger partial charge in [0.2, 0.25) is 0 Å². The third-order valence-electron chi connectivity index (χ3n) is 1.80. The van der Waals surface area contributed by atoms with E-state index in [-0.39, 0.29) is 0 Å².